The third-order valence-electron chi connectivity index (χ3n) is 11.4. The van der Waals surface area contributed by atoms with E-state index in [2.05, 4.69) is 79.4 Å². The Hall–Kier alpha value is -6.06. The normalized spacial score (nSPS) is 15.1. The summed E-state index contributed by atoms with van der Waals surface area (Å²) in [5, 5.41) is 23.8. The van der Waals surface area contributed by atoms with E-state index in [9.17, 15) is 10.0 Å². The summed E-state index contributed by atoms with van der Waals surface area (Å²) in [5.41, 5.74) is 9.37. The molecule has 0 aromatic heterocycles. The van der Waals surface area contributed by atoms with Gasteiger partial charge < -0.3 is 29.0 Å². The first-order valence-corrected chi connectivity index (χ1v) is 20.3. The lowest BCUT2D eigenvalue weighted by molar-refractivity contribution is 0.125. The molecular formula is C51H50BNO6. The van der Waals surface area contributed by atoms with Gasteiger partial charge in [0.1, 0.15) is 42.8 Å². The fourth-order valence-corrected chi connectivity index (χ4v) is 8.51. The lowest BCUT2D eigenvalue weighted by Gasteiger charge is -2.42. The second-order valence-electron chi connectivity index (χ2n) is 15.5. The standard InChI is InChI=1S/C51H50BNO6/c1-34-25-41-42(28-44(52(54)55)51(50(41)45(26-34)56-4)59-33-40-23-15-8-16-24-40)49-43-27-35(2)53(30-37-17-9-5-10-18-37)36(3)48(43)46(57-31-38-19-11-6-12-20-38)29-47(49)58-32-39-21-13-7-14-22-39/h5-26,28-29,35-36,54-55H,27,30-33H2,1-4H3/t35-,36-/m1/s1. The van der Waals surface area contributed by atoms with Crippen molar-refractivity contribution in [1.82, 2.24) is 4.90 Å². The fraction of sp³-hybridized carbons (Fsp3) is 0.216. The Labute approximate surface area is 347 Å². The third kappa shape index (κ3) is 8.57. The summed E-state index contributed by atoms with van der Waals surface area (Å²) in [5.74, 6) is 2.34. The molecule has 2 N–H and O–H groups in total. The number of ether oxygens (including phenoxy) is 4. The van der Waals surface area contributed by atoms with Gasteiger partial charge in [0.2, 0.25) is 0 Å². The number of hydrogen-bond donors (Lipinski definition) is 2. The van der Waals surface area contributed by atoms with Gasteiger partial charge in [0, 0.05) is 41.3 Å². The summed E-state index contributed by atoms with van der Waals surface area (Å²) < 4.78 is 26.4. The van der Waals surface area contributed by atoms with Crippen LogP contribution < -0.4 is 24.4 Å². The molecule has 7 aromatic carbocycles. The van der Waals surface area contributed by atoms with E-state index in [1.54, 1.807) is 7.11 Å². The summed E-state index contributed by atoms with van der Waals surface area (Å²) >= 11 is 0. The lowest BCUT2D eigenvalue weighted by Crippen LogP contribution is -2.41. The first-order valence-electron chi connectivity index (χ1n) is 20.3. The number of nitrogens with zero attached hydrogens (tertiary/aromatic N) is 1. The molecule has 0 saturated heterocycles. The van der Waals surface area contributed by atoms with Crippen molar-refractivity contribution >= 4 is 23.4 Å². The molecule has 0 radical (unpaired) electrons. The van der Waals surface area contributed by atoms with E-state index in [4.69, 9.17) is 18.9 Å². The molecule has 59 heavy (non-hydrogen) atoms. The molecule has 0 spiro atoms. The van der Waals surface area contributed by atoms with Crippen LogP contribution in [0.15, 0.2) is 146 Å². The molecule has 8 rings (SSSR count). The summed E-state index contributed by atoms with van der Waals surface area (Å²) in [6, 6.07) is 48.9. The summed E-state index contributed by atoms with van der Waals surface area (Å²) in [6.45, 7) is 8.30. The first-order chi connectivity index (χ1) is 28.8. The van der Waals surface area contributed by atoms with E-state index in [0.717, 1.165) is 62.2 Å². The molecule has 1 aliphatic heterocycles. The maximum atomic E-state index is 11.2. The zero-order chi connectivity index (χ0) is 40.9. The largest absolute Gasteiger partial charge is 0.496 e. The van der Waals surface area contributed by atoms with Crippen molar-refractivity contribution in [3.8, 4) is 34.1 Å². The van der Waals surface area contributed by atoms with Crippen LogP contribution in [0.25, 0.3) is 21.9 Å². The molecule has 298 valence electrons. The highest BCUT2D eigenvalue weighted by Crippen LogP contribution is 2.51. The Morgan fingerprint density at radius 1 is 0.627 bits per heavy atom. The van der Waals surface area contributed by atoms with Gasteiger partial charge in [0.25, 0.3) is 0 Å². The molecule has 7 nitrogen and oxygen atoms in total. The van der Waals surface area contributed by atoms with Crippen molar-refractivity contribution in [1.29, 1.82) is 0 Å². The minimum atomic E-state index is -1.84. The van der Waals surface area contributed by atoms with Crippen LogP contribution in [-0.4, -0.2) is 35.2 Å². The summed E-state index contributed by atoms with van der Waals surface area (Å²) in [4.78, 5) is 2.54. The van der Waals surface area contributed by atoms with Crippen LogP contribution >= 0.6 is 0 Å². The van der Waals surface area contributed by atoms with Gasteiger partial charge in [-0.25, -0.2) is 0 Å². The Bertz CT molecular complexity index is 2510. The highest BCUT2D eigenvalue weighted by Gasteiger charge is 2.37. The SMILES string of the molecule is COc1cc(C)cc2c(-c3c(OCc4ccccc4)cc(OCc4ccccc4)c4c3C[C@@H](C)N(Cc3ccccc3)[C@@H]4C)cc(B(O)O)c(OCc3ccccc3)c12. The van der Waals surface area contributed by atoms with E-state index in [1.807, 2.05) is 91.9 Å². The number of fused-ring (bicyclic) bond motifs is 2. The van der Waals surface area contributed by atoms with Crippen LogP contribution in [-0.2, 0) is 32.8 Å². The van der Waals surface area contributed by atoms with Gasteiger partial charge in [-0.05, 0) is 77.6 Å². The molecular weight excluding hydrogens is 733 g/mol. The Morgan fingerprint density at radius 3 is 1.69 bits per heavy atom. The van der Waals surface area contributed by atoms with Gasteiger partial charge >= 0.3 is 7.12 Å². The van der Waals surface area contributed by atoms with Crippen molar-refractivity contribution < 1.29 is 29.0 Å². The molecule has 1 aliphatic rings. The van der Waals surface area contributed by atoms with Crippen LogP contribution in [0.1, 0.15) is 58.8 Å². The number of benzene rings is 7. The minimum absolute atomic E-state index is 0.0411. The Balaban J connectivity index is 1.38. The van der Waals surface area contributed by atoms with Gasteiger partial charge in [0.15, 0.2) is 0 Å². The second-order valence-corrected chi connectivity index (χ2v) is 15.5. The fourth-order valence-electron chi connectivity index (χ4n) is 8.51. The van der Waals surface area contributed by atoms with E-state index in [1.165, 1.54) is 5.56 Å². The molecule has 0 bridgehead atoms. The van der Waals surface area contributed by atoms with Crippen LogP contribution in [0.3, 0.4) is 0 Å². The molecule has 2 atom stereocenters. The number of rotatable bonds is 14. The van der Waals surface area contributed by atoms with Crippen molar-refractivity contribution in [2.24, 2.45) is 0 Å². The summed E-state index contributed by atoms with van der Waals surface area (Å²) in [6.07, 6.45) is 0.694. The van der Waals surface area contributed by atoms with Crippen molar-refractivity contribution in [3.05, 3.63) is 185 Å². The molecule has 7 aromatic rings. The van der Waals surface area contributed by atoms with Crippen LogP contribution in [0, 0.1) is 6.92 Å². The van der Waals surface area contributed by atoms with Crippen molar-refractivity contribution in [3.63, 3.8) is 0 Å². The first kappa shape index (κ1) is 39.8. The van der Waals surface area contributed by atoms with Gasteiger partial charge in [0.05, 0.1) is 12.5 Å². The van der Waals surface area contributed by atoms with E-state index >= 15 is 0 Å². The predicted octanol–water partition coefficient (Wildman–Crippen LogP) is 9.75. The van der Waals surface area contributed by atoms with Crippen LogP contribution in [0.2, 0.25) is 0 Å². The molecule has 8 heteroatoms. The average molecular weight is 784 g/mol. The average Bonchev–Trinajstić information content (AvgIpc) is 3.26. The third-order valence-corrected chi connectivity index (χ3v) is 11.4. The number of aryl methyl sites for hydroxylation is 1. The molecule has 0 fully saturated rings. The highest BCUT2D eigenvalue weighted by molar-refractivity contribution is 6.60. The maximum absolute atomic E-state index is 11.2. The topological polar surface area (TPSA) is 80.6 Å². The smallest absolute Gasteiger partial charge is 0.492 e. The zero-order valence-electron chi connectivity index (χ0n) is 34.1. The predicted molar refractivity (Wildman–Crippen MR) is 236 cm³/mol. The highest BCUT2D eigenvalue weighted by atomic mass is 16.5. The lowest BCUT2D eigenvalue weighted by atomic mass is 9.74. The van der Waals surface area contributed by atoms with E-state index in [-0.39, 0.29) is 24.2 Å². The minimum Gasteiger partial charge on any atom is -0.496 e. The molecule has 0 unspecified atom stereocenters. The quantitative estimate of drug-likeness (QED) is 0.106. The van der Waals surface area contributed by atoms with Crippen LogP contribution in [0.5, 0.6) is 23.0 Å². The summed E-state index contributed by atoms with van der Waals surface area (Å²) in [7, 11) is -0.205. The van der Waals surface area contributed by atoms with Gasteiger partial charge in [-0.1, -0.05) is 133 Å². The monoisotopic (exact) mass is 783 g/mol. The molecule has 1 heterocycles. The Morgan fingerprint density at radius 2 is 1.15 bits per heavy atom. The van der Waals surface area contributed by atoms with E-state index < -0.39 is 7.12 Å². The van der Waals surface area contributed by atoms with E-state index in [0.29, 0.717) is 42.3 Å². The number of hydrogen-bond acceptors (Lipinski definition) is 7. The zero-order valence-corrected chi connectivity index (χ0v) is 34.1. The second kappa shape index (κ2) is 17.8. The maximum Gasteiger partial charge on any atom is 0.492 e. The molecule has 0 saturated carbocycles. The van der Waals surface area contributed by atoms with Gasteiger partial charge in [-0.2, -0.15) is 0 Å². The Kier molecular flexibility index (Phi) is 12.0. The van der Waals surface area contributed by atoms with Crippen molar-refractivity contribution in [2.75, 3.05) is 7.11 Å². The van der Waals surface area contributed by atoms with Gasteiger partial charge in [-0.3, -0.25) is 4.90 Å². The van der Waals surface area contributed by atoms with Crippen molar-refractivity contribution in [2.45, 2.75) is 65.6 Å². The van der Waals surface area contributed by atoms with Crippen LogP contribution in [0.4, 0.5) is 0 Å². The molecule has 0 aliphatic carbocycles. The van der Waals surface area contributed by atoms with Gasteiger partial charge in [-0.15, -0.1) is 0 Å². The molecule has 0 amide bonds. The number of methoxy groups -OCH3 is 1.